The summed E-state index contributed by atoms with van der Waals surface area (Å²) in [4.78, 5) is 8.43. The predicted octanol–water partition coefficient (Wildman–Crippen LogP) is 5.06. The van der Waals surface area contributed by atoms with Gasteiger partial charge < -0.3 is 0 Å². The number of benzene rings is 2. The smallest absolute Gasteiger partial charge is 0.0714 e. The van der Waals surface area contributed by atoms with Gasteiger partial charge >= 0.3 is 0 Å². The third-order valence-electron chi connectivity index (χ3n) is 3.34. The molecule has 2 heterocycles. The van der Waals surface area contributed by atoms with E-state index < -0.39 is 0 Å². The molecule has 2 aromatic carbocycles. The average Bonchev–Trinajstić information content (AvgIpc) is 2.61. The molecule has 0 radical (unpaired) electrons. The maximum Gasteiger partial charge on any atom is 0.0714 e. The molecule has 4 rings (SSSR count). The van der Waals surface area contributed by atoms with E-state index in [9.17, 15) is 0 Å². The molecule has 0 unspecified atom stereocenters. The second kappa shape index (κ2) is 7.21. The summed E-state index contributed by atoms with van der Waals surface area (Å²) in [7, 11) is 0. The Bertz CT molecular complexity index is 1000. The third-order valence-corrected chi connectivity index (χ3v) is 4.01. The Morgan fingerprint density at radius 2 is 1.39 bits per heavy atom. The Balaban J connectivity index is 0.000000136. The van der Waals surface area contributed by atoms with E-state index in [1.165, 1.54) is 8.96 Å². The summed E-state index contributed by atoms with van der Waals surface area (Å²) in [5.41, 5.74) is 2.90. The number of nitrogens with zero attached hydrogens (tertiary/aromatic N) is 2. The van der Waals surface area contributed by atoms with Crippen LogP contribution >= 0.6 is 22.6 Å². The molecule has 0 spiro atoms. The molecule has 0 N–H and O–H groups in total. The lowest BCUT2D eigenvalue weighted by Gasteiger charge is -1.95. The Kier molecular flexibility index (Phi) is 4.84. The van der Waals surface area contributed by atoms with E-state index in [4.69, 9.17) is 6.42 Å². The van der Waals surface area contributed by atoms with Crippen molar-refractivity contribution in [3.8, 4) is 12.3 Å². The van der Waals surface area contributed by atoms with Gasteiger partial charge in [-0.1, -0.05) is 30.2 Å². The summed E-state index contributed by atoms with van der Waals surface area (Å²) < 4.78 is 1.23. The molecule has 0 saturated heterocycles. The lowest BCUT2D eigenvalue weighted by Crippen LogP contribution is -1.78. The topological polar surface area (TPSA) is 25.8 Å². The molecule has 23 heavy (non-hydrogen) atoms. The summed E-state index contributed by atoms with van der Waals surface area (Å²) in [6, 6.07) is 20.0. The summed E-state index contributed by atoms with van der Waals surface area (Å²) in [5, 5.41) is 2.32. The summed E-state index contributed by atoms with van der Waals surface area (Å²) in [6.07, 6.45) is 8.85. The van der Waals surface area contributed by atoms with Crippen LogP contribution in [-0.2, 0) is 0 Å². The highest BCUT2D eigenvalue weighted by Gasteiger charge is 1.93. The number of aromatic nitrogens is 2. The van der Waals surface area contributed by atoms with Crippen LogP contribution in [-0.4, -0.2) is 9.97 Å². The largest absolute Gasteiger partial charge is 0.256 e. The van der Waals surface area contributed by atoms with Crippen LogP contribution in [0.4, 0.5) is 0 Å². The predicted molar refractivity (Wildman–Crippen MR) is 104 cm³/mol. The van der Waals surface area contributed by atoms with E-state index in [-0.39, 0.29) is 0 Å². The van der Waals surface area contributed by atoms with E-state index >= 15 is 0 Å². The first kappa shape index (κ1) is 15.4. The van der Waals surface area contributed by atoms with E-state index in [0.29, 0.717) is 0 Å². The molecule has 2 aromatic heterocycles. The molecule has 4 aromatic rings. The van der Waals surface area contributed by atoms with Crippen molar-refractivity contribution in [1.82, 2.24) is 9.97 Å². The maximum absolute atomic E-state index is 5.26. The molecule has 2 nitrogen and oxygen atoms in total. The zero-order valence-corrected chi connectivity index (χ0v) is 14.4. The van der Waals surface area contributed by atoms with Crippen molar-refractivity contribution in [1.29, 1.82) is 0 Å². The second-order valence-electron chi connectivity index (χ2n) is 4.90. The summed E-state index contributed by atoms with van der Waals surface area (Å²) in [5.74, 6) is 2.58. The van der Waals surface area contributed by atoms with Gasteiger partial charge in [0.2, 0.25) is 0 Å². The van der Waals surface area contributed by atoms with Crippen molar-refractivity contribution in [2.24, 2.45) is 0 Å². The summed E-state index contributed by atoms with van der Waals surface area (Å²) >= 11 is 2.29. The van der Waals surface area contributed by atoms with Gasteiger partial charge in [0.25, 0.3) is 0 Å². The van der Waals surface area contributed by atoms with E-state index in [1.807, 2.05) is 42.6 Å². The minimum atomic E-state index is 0.876. The molecule has 0 fully saturated rings. The van der Waals surface area contributed by atoms with Gasteiger partial charge in [0, 0.05) is 32.3 Å². The van der Waals surface area contributed by atoms with Crippen LogP contribution in [0.15, 0.2) is 73.1 Å². The number of fused-ring (bicyclic) bond motifs is 2. The van der Waals surface area contributed by atoms with Crippen molar-refractivity contribution in [2.75, 3.05) is 0 Å². The van der Waals surface area contributed by atoms with Crippen molar-refractivity contribution in [2.45, 2.75) is 0 Å². The van der Waals surface area contributed by atoms with Crippen LogP contribution in [0.5, 0.6) is 0 Å². The quantitative estimate of drug-likeness (QED) is 0.301. The number of terminal acetylenes is 1. The van der Waals surface area contributed by atoms with Gasteiger partial charge in [0.15, 0.2) is 0 Å². The zero-order chi connectivity index (χ0) is 16.1. The number of hydrogen-bond acceptors (Lipinski definition) is 2. The number of pyridine rings is 2. The van der Waals surface area contributed by atoms with Crippen molar-refractivity contribution >= 4 is 44.4 Å². The van der Waals surface area contributed by atoms with Gasteiger partial charge in [0.05, 0.1) is 11.0 Å². The summed E-state index contributed by atoms with van der Waals surface area (Å²) in [6.45, 7) is 0. The van der Waals surface area contributed by atoms with Crippen LogP contribution in [0.3, 0.4) is 0 Å². The Morgan fingerprint density at radius 1 is 0.783 bits per heavy atom. The highest BCUT2D eigenvalue weighted by atomic mass is 127. The van der Waals surface area contributed by atoms with Crippen LogP contribution in [0.1, 0.15) is 5.56 Å². The fourth-order valence-corrected chi connectivity index (χ4v) is 2.67. The molecule has 0 aliphatic rings. The first-order chi connectivity index (χ1) is 11.3. The maximum atomic E-state index is 5.26. The number of rotatable bonds is 0. The van der Waals surface area contributed by atoms with Gasteiger partial charge in [-0.25, -0.2) is 0 Å². The van der Waals surface area contributed by atoms with Crippen molar-refractivity contribution in [3.05, 3.63) is 82.2 Å². The second-order valence-corrected chi connectivity index (χ2v) is 6.14. The van der Waals surface area contributed by atoms with E-state index in [1.54, 1.807) is 6.20 Å². The van der Waals surface area contributed by atoms with Crippen molar-refractivity contribution in [3.63, 3.8) is 0 Å². The zero-order valence-electron chi connectivity index (χ0n) is 12.3. The van der Waals surface area contributed by atoms with Gasteiger partial charge in [-0.15, -0.1) is 6.42 Å². The third kappa shape index (κ3) is 3.85. The highest BCUT2D eigenvalue weighted by molar-refractivity contribution is 14.1. The first-order valence-corrected chi connectivity index (χ1v) is 8.16. The van der Waals surface area contributed by atoms with Gasteiger partial charge in [-0.3, -0.25) is 9.97 Å². The van der Waals surface area contributed by atoms with Gasteiger partial charge in [0.1, 0.15) is 0 Å². The normalized spacial score (nSPS) is 9.91. The molecule has 0 aliphatic heterocycles. The Hall–Kier alpha value is -2.45. The van der Waals surface area contributed by atoms with Crippen molar-refractivity contribution < 1.29 is 0 Å². The molecule has 3 heteroatoms. The van der Waals surface area contributed by atoms with Crippen LogP contribution in [0.25, 0.3) is 21.8 Å². The van der Waals surface area contributed by atoms with Crippen LogP contribution < -0.4 is 0 Å². The Labute approximate surface area is 148 Å². The molecular formula is C20H13IN2. The highest BCUT2D eigenvalue weighted by Crippen LogP contribution is 2.14. The standard InChI is InChI=1S/C11H7N.C9H6IN/c1-2-9-5-6-10-4-3-7-12-11(10)8-9;10-8-4-3-7-2-1-5-11-9(7)6-8/h1,3-8H;1-6H. The van der Waals surface area contributed by atoms with Gasteiger partial charge in [-0.2, -0.15) is 0 Å². The molecule has 0 saturated carbocycles. The molecule has 0 amide bonds. The molecule has 0 bridgehead atoms. The Morgan fingerprint density at radius 3 is 2.04 bits per heavy atom. The van der Waals surface area contributed by atoms with Gasteiger partial charge in [-0.05, 0) is 59.0 Å². The van der Waals surface area contributed by atoms with Crippen LogP contribution in [0.2, 0.25) is 0 Å². The van der Waals surface area contributed by atoms with E-state index in [0.717, 1.165) is 22.0 Å². The fraction of sp³-hybridized carbons (Fsp3) is 0. The van der Waals surface area contributed by atoms with E-state index in [2.05, 4.69) is 62.7 Å². The number of hydrogen-bond donors (Lipinski definition) is 0. The number of halogens is 1. The SMILES string of the molecule is C#Cc1ccc2cccnc2c1.Ic1ccc2cccnc2c1. The minimum absolute atomic E-state index is 0.876. The molecule has 0 atom stereocenters. The lowest BCUT2D eigenvalue weighted by molar-refractivity contribution is 1.41. The molecular weight excluding hydrogens is 395 g/mol. The minimum Gasteiger partial charge on any atom is -0.256 e. The molecule has 0 aliphatic carbocycles. The monoisotopic (exact) mass is 408 g/mol. The first-order valence-electron chi connectivity index (χ1n) is 7.08. The molecule has 110 valence electrons. The fourth-order valence-electron chi connectivity index (χ4n) is 2.20. The average molecular weight is 408 g/mol. The lowest BCUT2D eigenvalue weighted by atomic mass is 10.1. The van der Waals surface area contributed by atoms with Crippen LogP contribution in [0, 0.1) is 15.9 Å².